The maximum absolute atomic E-state index is 10.8. The minimum Gasteiger partial charge on any atom is -0.477 e. The van der Waals surface area contributed by atoms with Gasteiger partial charge in [0, 0.05) is 11.6 Å². The fourth-order valence-corrected chi connectivity index (χ4v) is 2.01. The lowest BCUT2D eigenvalue weighted by molar-refractivity contribution is 0.0690. The molecular formula is C11H11N3O2S. The van der Waals surface area contributed by atoms with Crippen LogP contribution in [0.3, 0.4) is 0 Å². The quantitative estimate of drug-likeness (QED) is 0.870. The van der Waals surface area contributed by atoms with E-state index in [4.69, 9.17) is 5.11 Å². The Labute approximate surface area is 102 Å². The Balaban J connectivity index is 2.13. The lowest BCUT2D eigenvalue weighted by Gasteiger charge is -2.11. The number of carboxylic acid groups (broad SMARTS) is 1. The molecular weight excluding hydrogens is 238 g/mol. The van der Waals surface area contributed by atoms with Gasteiger partial charge in [0.05, 0.1) is 6.04 Å². The largest absolute Gasteiger partial charge is 0.477 e. The molecule has 0 saturated heterocycles. The minimum atomic E-state index is -1.03. The number of carboxylic acids is 1. The monoisotopic (exact) mass is 249 g/mol. The molecule has 2 heterocycles. The Bertz CT molecular complexity index is 513. The van der Waals surface area contributed by atoms with Gasteiger partial charge in [-0.1, -0.05) is 6.07 Å². The zero-order valence-corrected chi connectivity index (χ0v) is 9.94. The number of thiazole rings is 1. The molecule has 0 spiro atoms. The van der Waals surface area contributed by atoms with Crippen molar-refractivity contribution in [1.29, 1.82) is 0 Å². The summed E-state index contributed by atoms with van der Waals surface area (Å²) in [4.78, 5) is 18.9. The van der Waals surface area contributed by atoms with Gasteiger partial charge in [0.1, 0.15) is 10.8 Å². The minimum absolute atomic E-state index is 0.00606. The molecule has 2 aromatic rings. The predicted molar refractivity (Wildman–Crippen MR) is 65.3 cm³/mol. The van der Waals surface area contributed by atoms with Crippen molar-refractivity contribution in [3.05, 3.63) is 40.5 Å². The molecule has 0 radical (unpaired) electrons. The van der Waals surface area contributed by atoms with Crippen molar-refractivity contribution in [1.82, 2.24) is 9.97 Å². The van der Waals surface area contributed by atoms with Gasteiger partial charge in [-0.25, -0.2) is 14.8 Å². The molecule has 2 N–H and O–H groups in total. The van der Waals surface area contributed by atoms with Crippen LogP contribution in [0.25, 0.3) is 0 Å². The van der Waals surface area contributed by atoms with Crippen molar-refractivity contribution in [3.8, 4) is 0 Å². The van der Waals surface area contributed by atoms with Crippen molar-refractivity contribution in [3.63, 3.8) is 0 Å². The van der Waals surface area contributed by atoms with E-state index in [-0.39, 0.29) is 11.7 Å². The molecule has 88 valence electrons. The number of pyridine rings is 1. The van der Waals surface area contributed by atoms with Gasteiger partial charge in [0.25, 0.3) is 0 Å². The molecule has 17 heavy (non-hydrogen) atoms. The van der Waals surface area contributed by atoms with Crippen LogP contribution in [-0.2, 0) is 0 Å². The molecule has 0 bridgehead atoms. The van der Waals surface area contributed by atoms with Crippen LogP contribution in [0.15, 0.2) is 29.8 Å². The number of nitrogens with zero attached hydrogens (tertiary/aromatic N) is 2. The first kappa shape index (κ1) is 11.5. The van der Waals surface area contributed by atoms with E-state index in [2.05, 4.69) is 15.3 Å². The summed E-state index contributed by atoms with van der Waals surface area (Å²) in [6.07, 6.45) is 1.74. The Morgan fingerprint density at radius 2 is 2.35 bits per heavy atom. The number of hydrogen-bond donors (Lipinski definition) is 2. The van der Waals surface area contributed by atoms with E-state index in [1.165, 1.54) is 6.07 Å². The van der Waals surface area contributed by atoms with Gasteiger partial charge in [-0.15, -0.1) is 11.3 Å². The van der Waals surface area contributed by atoms with E-state index in [1.807, 2.05) is 12.3 Å². The van der Waals surface area contributed by atoms with Crippen LogP contribution >= 0.6 is 11.3 Å². The molecule has 0 aromatic carbocycles. The molecule has 1 atom stereocenters. The molecule has 0 aliphatic rings. The first-order chi connectivity index (χ1) is 8.16. The lowest BCUT2D eigenvalue weighted by Crippen LogP contribution is -2.09. The van der Waals surface area contributed by atoms with E-state index >= 15 is 0 Å². The van der Waals surface area contributed by atoms with Crippen LogP contribution < -0.4 is 5.32 Å². The van der Waals surface area contributed by atoms with Gasteiger partial charge in [-0.3, -0.25) is 0 Å². The molecule has 0 aliphatic carbocycles. The zero-order chi connectivity index (χ0) is 12.3. The highest BCUT2D eigenvalue weighted by Gasteiger charge is 2.10. The van der Waals surface area contributed by atoms with Crippen molar-refractivity contribution in [2.24, 2.45) is 0 Å². The topological polar surface area (TPSA) is 75.1 Å². The summed E-state index contributed by atoms with van der Waals surface area (Å²) in [5.74, 6) is -0.497. The van der Waals surface area contributed by atoms with Crippen molar-refractivity contribution >= 4 is 23.1 Å². The van der Waals surface area contributed by atoms with Gasteiger partial charge in [-0.05, 0) is 19.1 Å². The van der Waals surface area contributed by atoms with E-state index in [0.717, 1.165) is 5.01 Å². The Morgan fingerprint density at radius 1 is 1.53 bits per heavy atom. The summed E-state index contributed by atoms with van der Waals surface area (Å²) in [7, 11) is 0. The molecule has 0 aliphatic heterocycles. The Hall–Kier alpha value is -1.95. The smallest absolute Gasteiger partial charge is 0.354 e. The molecule has 5 nitrogen and oxygen atoms in total. The summed E-state index contributed by atoms with van der Waals surface area (Å²) < 4.78 is 0. The van der Waals surface area contributed by atoms with E-state index < -0.39 is 5.97 Å². The normalized spacial score (nSPS) is 12.1. The Morgan fingerprint density at radius 3 is 3.00 bits per heavy atom. The average Bonchev–Trinajstić information content (AvgIpc) is 2.82. The summed E-state index contributed by atoms with van der Waals surface area (Å²) in [5, 5.41) is 14.8. The SMILES string of the molecule is CC(Nc1cccc(C(=O)O)n1)c1nccs1. The average molecular weight is 249 g/mol. The molecule has 2 aromatic heterocycles. The number of aromatic nitrogens is 2. The van der Waals surface area contributed by atoms with Gasteiger partial charge >= 0.3 is 5.97 Å². The molecule has 6 heteroatoms. The van der Waals surface area contributed by atoms with Crippen LogP contribution in [0.5, 0.6) is 0 Å². The van der Waals surface area contributed by atoms with Crippen molar-refractivity contribution < 1.29 is 9.90 Å². The summed E-state index contributed by atoms with van der Waals surface area (Å²) >= 11 is 1.54. The highest BCUT2D eigenvalue weighted by atomic mass is 32.1. The van der Waals surface area contributed by atoms with Crippen molar-refractivity contribution in [2.45, 2.75) is 13.0 Å². The summed E-state index contributed by atoms with van der Waals surface area (Å²) in [6.45, 7) is 1.95. The first-order valence-electron chi connectivity index (χ1n) is 5.03. The van der Waals surface area contributed by atoms with Gasteiger partial charge in [0.15, 0.2) is 5.69 Å². The van der Waals surface area contributed by atoms with Crippen LogP contribution in [0, 0.1) is 0 Å². The lowest BCUT2D eigenvalue weighted by atomic mass is 10.3. The standard InChI is InChI=1S/C11H11N3O2S/c1-7(10-12-5-6-17-10)13-9-4-2-3-8(14-9)11(15)16/h2-7H,1H3,(H,13,14)(H,15,16). The van der Waals surface area contributed by atoms with Crippen LogP contribution in [0.1, 0.15) is 28.5 Å². The van der Waals surface area contributed by atoms with E-state index in [9.17, 15) is 4.79 Å². The molecule has 0 amide bonds. The van der Waals surface area contributed by atoms with E-state index in [1.54, 1.807) is 29.7 Å². The molecule has 0 fully saturated rings. The highest BCUT2D eigenvalue weighted by molar-refractivity contribution is 7.09. The molecule has 0 saturated carbocycles. The number of rotatable bonds is 4. The fraction of sp³-hybridized carbons (Fsp3) is 0.182. The second kappa shape index (κ2) is 4.92. The number of anilines is 1. The maximum Gasteiger partial charge on any atom is 0.354 e. The molecule has 1 unspecified atom stereocenters. The third kappa shape index (κ3) is 2.79. The zero-order valence-electron chi connectivity index (χ0n) is 9.12. The van der Waals surface area contributed by atoms with Crippen LogP contribution in [0.4, 0.5) is 5.82 Å². The van der Waals surface area contributed by atoms with Crippen molar-refractivity contribution in [2.75, 3.05) is 5.32 Å². The van der Waals surface area contributed by atoms with Gasteiger partial charge in [-0.2, -0.15) is 0 Å². The number of nitrogens with one attached hydrogen (secondary N) is 1. The maximum atomic E-state index is 10.8. The second-order valence-corrected chi connectivity index (χ2v) is 4.38. The van der Waals surface area contributed by atoms with Gasteiger partial charge < -0.3 is 10.4 Å². The first-order valence-corrected chi connectivity index (χ1v) is 5.91. The predicted octanol–water partition coefficient (Wildman–Crippen LogP) is 2.41. The van der Waals surface area contributed by atoms with Crippen LogP contribution in [0.2, 0.25) is 0 Å². The summed E-state index contributed by atoms with van der Waals surface area (Å²) in [6, 6.07) is 4.86. The van der Waals surface area contributed by atoms with Gasteiger partial charge in [0.2, 0.25) is 0 Å². The van der Waals surface area contributed by atoms with Crippen LogP contribution in [-0.4, -0.2) is 21.0 Å². The molecule has 2 rings (SSSR count). The number of hydrogen-bond acceptors (Lipinski definition) is 5. The fourth-order valence-electron chi connectivity index (χ4n) is 1.37. The highest BCUT2D eigenvalue weighted by Crippen LogP contribution is 2.19. The second-order valence-electron chi connectivity index (χ2n) is 3.45. The van der Waals surface area contributed by atoms with E-state index in [0.29, 0.717) is 5.82 Å². The number of carbonyl (C=O) groups is 1. The number of aromatic carboxylic acids is 1. The third-order valence-corrected chi connectivity index (χ3v) is 3.11. The third-order valence-electron chi connectivity index (χ3n) is 2.15. The Kier molecular flexibility index (Phi) is 3.34. The summed E-state index contributed by atoms with van der Waals surface area (Å²) in [5.41, 5.74) is 0.0290.